The van der Waals surface area contributed by atoms with Crippen molar-refractivity contribution >= 4 is 5.69 Å². The molecule has 2 aromatic carbocycles. The second-order valence-corrected chi connectivity index (χ2v) is 4.22. The quantitative estimate of drug-likeness (QED) is 0.644. The average molecular weight is 274 g/mol. The molecule has 6 heteroatoms. The van der Waals surface area contributed by atoms with Gasteiger partial charge < -0.3 is 15.6 Å². The molecule has 0 saturated heterocycles. The zero-order chi connectivity index (χ0) is 14.5. The Bertz CT molecular complexity index is 611. The molecule has 0 atom stereocenters. The zero-order valence-electron chi connectivity index (χ0n) is 10.7. The van der Waals surface area contributed by atoms with E-state index in [-0.39, 0.29) is 30.3 Å². The van der Waals surface area contributed by atoms with E-state index in [4.69, 9.17) is 10.5 Å². The maximum atomic E-state index is 11.0. The summed E-state index contributed by atoms with van der Waals surface area (Å²) in [6.45, 7) is 0.419. The molecule has 2 rings (SSSR count). The molecule has 0 aliphatic heterocycles. The van der Waals surface area contributed by atoms with Crippen LogP contribution < -0.4 is 10.5 Å². The molecule has 6 nitrogen and oxygen atoms in total. The highest BCUT2D eigenvalue weighted by molar-refractivity contribution is 5.48. The van der Waals surface area contributed by atoms with E-state index >= 15 is 0 Å². The third kappa shape index (κ3) is 3.24. The molecule has 0 heterocycles. The Balaban J connectivity index is 2.16. The van der Waals surface area contributed by atoms with E-state index in [1.807, 2.05) is 0 Å². The maximum absolute atomic E-state index is 11.0. The van der Waals surface area contributed by atoms with Gasteiger partial charge in [-0.2, -0.15) is 0 Å². The largest absolute Gasteiger partial charge is 0.508 e. The van der Waals surface area contributed by atoms with Gasteiger partial charge in [0.2, 0.25) is 0 Å². The molecule has 0 fully saturated rings. The van der Waals surface area contributed by atoms with Crippen LogP contribution in [0.25, 0.3) is 0 Å². The van der Waals surface area contributed by atoms with Gasteiger partial charge in [0.25, 0.3) is 0 Å². The van der Waals surface area contributed by atoms with Gasteiger partial charge in [0.05, 0.1) is 4.92 Å². The number of phenolic OH excluding ortho intramolecular Hbond substituents is 1. The Labute approximate surface area is 115 Å². The molecule has 0 amide bonds. The molecule has 0 spiro atoms. The van der Waals surface area contributed by atoms with E-state index in [9.17, 15) is 15.2 Å². The van der Waals surface area contributed by atoms with Crippen LogP contribution in [0, 0.1) is 10.1 Å². The number of benzene rings is 2. The number of nitro groups is 1. The Morgan fingerprint density at radius 3 is 2.40 bits per heavy atom. The van der Waals surface area contributed by atoms with E-state index in [0.717, 1.165) is 5.56 Å². The topological polar surface area (TPSA) is 98.6 Å². The SMILES string of the molecule is NCc1ccc(OCc2ccc(O)cc2)c([N+](=O)[O-])c1. The highest BCUT2D eigenvalue weighted by Crippen LogP contribution is 2.28. The van der Waals surface area contributed by atoms with Crippen molar-refractivity contribution in [3.8, 4) is 11.5 Å². The summed E-state index contributed by atoms with van der Waals surface area (Å²) >= 11 is 0. The van der Waals surface area contributed by atoms with E-state index in [1.54, 1.807) is 24.3 Å². The molecule has 104 valence electrons. The second kappa shape index (κ2) is 6.03. The van der Waals surface area contributed by atoms with Crippen LogP contribution in [0.3, 0.4) is 0 Å². The van der Waals surface area contributed by atoms with Crippen molar-refractivity contribution in [1.82, 2.24) is 0 Å². The van der Waals surface area contributed by atoms with E-state index < -0.39 is 4.92 Å². The van der Waals surface area contributed by atoms with Crippen LogP contribution in [0.2, 0.25) is 0 Å². The minimum absolute atomic E-state index is 0.105. The summed E-state index contributed by atoms with van der Waals surface area (Å²) in [4.78, 5) is 10.5. The standard InChI is InChI=1S/C14H14N2O4/c15-8-11-3-6-14(13(7-11)16(18)19)20-9-10-1-4-12(17)5-2-10/h1-7,17H,8-9,15H2. The number of aromatic hydroxyl groups is 1. The smallest absolute Gasteiger partial charge is 0.311 e. The van der Waals surface area contributed by atoms with Crippen LogP contribution in [-0.2, 0) is 13.2 Å². The molecule has 2 aromatic rings. The van der Waals surface area contributed by atoms with Gasteiger partial charge in [-0.3, -0.25) is 10.1 Å². The predicted molar refractivity (Wildman–Crippen MR) is 73.4 cm³/mol. The van der Waals surface area contributed by atoms with Gasteiger partial charge >= 0.3 is 5.69 Å². The Kier molecular flexibility index (Phi) is 4.17. The number of nitro benzene ring substituents is 1. The molecule has 0 saturated carbocycles. The lowest BCUT2D eigenvalue weighted by molar-refractivity contribution is -0.386. The molecular formula is C14H14N2O4. The number of nitrogens with zero attached hydrogens (tertiary/aromatic N) is 1. The predicted octanol–water partition coefficient (Wildman–Crippen LogP) is 2.34. The van der Waals surface area contributed by atoms with Gasteiger partial charge in [-0.1, -0.05) is 18.2 Å². The van der Waals surface area contributed by atoms with Gasteiger partial charge in [0.15, 0.2) is 5.75 Å². The fraction of sp³-hybridized carbons (Fsp3) is 0.143. The van der Waals surface area contributed by atoms with Crippen LogP contribution in [0.1, 0.15) is 11.1 Å². The van der Waals surface area contributed by atoms with Crippen molar-refractivity contribution in [1.29, 1.82) is 0 Å². The summed E-state index contributed by atoms with van der Waals surface area (Å²) in [6, 6.07) is 11.1. The first-order chi connectivity index (χ1) is 9.60. The van der Waals surface area contributed by atoms with Crippen LogP contribution in [0.15, 0.2) is 42.5 Å². The molecule has 20 heavy (non-hydrogen) atoms. The van der Waals surface area contributed by atoms with Crippen molar-refractivity contribution in [2.45, 2.75) is 13.2 Å². The summed E-state index contributed by atoms with van der Waals surface area (Å²) in [5.41, 5.74) is 6.84. The lowest BCUT2D eigenvalue weighted by Crippen LogP contribution is -2.02. The van der Waals surface area contributed by atoms with E-state index in [2.05, 4.69) is 0 Å². The average Bonchev–Trinajstić information content (AvgIpc) is 2.46. The van der Waals surface area contributed by atoms with Gasteiger partial charge in [-0.05, 0) is 29.3 Å². The van der Waals surface area contributed by atoms with E-state index in [1.165, 1.54) is 18.2 Å². The fourth-order valence-corrected chi connectivity index (χ4v) is 1.71. The Morgan fingerprint density at radius 2 is 1.80 bits per heavy atom. The Morgan fingerprint density at radius 1 is 1.15 bits per heavy atom. The second-order valence-electron chi connectivity index (χ2n) is 4.22. The Hall–Kier alpha value is -2.60. The van der Waals surface area contributed by atoms with Crippen molar-refractivity contribution in [2.24, 2.45) is 5.73 Å². The van der Waals surface area contributed by atoms with Crippen molar-refractivity contribution < 1.29 is 14.8 Å². The monoisotopic (exact) mass is 274 g/mol. The highest BCUT2D eigenvalue weighted by atomic mass is 16.6. The van der Waals surface area contributed by atoms with Gasteiger partial charge in [-0.15, -0.1) is 0 Å². The molecule has 0 unspecified atom stereocenters. The third-order valence-electron chi connectivity index (χ3n) is 2.79. The molecule has 0 aromatic heterocycles. The number of hydrogen-bond acceptors (Lipinski definition) is 5. The first-order valence-electron chi connectivity index (χ1n) is 5.98. The lowest BCUT2D eigenvalue weighted by atomic mass is 10.2. The number of hydrogen-bond donors (Lipinski definition) is 2. The lowest BCUT2D eigenvalue weighted by Gasteiger charge is -2.08. The summed E-state index contributed by atoms with van der Waals surface area (Å²) in [6.07, 6.45) is 0. The first kappa shape index (κ1) is 13.8. The highest BCUT2D eigenvalue weighted by Gasteiger charge is 2.15. The first-order valence-corrected chi connectivity index (χ1v) is 5.98. The van der Waals surface area contributed by atoms with Gasteiger partial charge in [-0.25, -0.2) is 0 Å². The summed E-state index contributed by atoms with van der Waals surface area (Å²) in [5.74, 6) is 0.354. The number of phenols is 1. The summed E-state index contributed by atoms with van der Waals surface area (Å²) in [7, 11) is 0. The van der Waals surface area contributed by atoms with Crippen LogP contribution in [0.4, 0.5) is 5.69 Å². The maximum Gasteiger partial charge on any atom is 0.311 e. The molecule has 0 bridgehead atoms. The van der Waals surface area contributed by atoms with Crippen molar-refractivity contribution in [3.05, 3.63) is 63.7 Å². The van der Waals surface area contributed by atoms with Gasteiger partial charge in [0.1, 0.15) is 12.4 Å². The van der Waals surface area contributed by atoms with E-state index in [0.29, 0.717) is 5.56 Å². The zero-order valence-corrected chi connectivity index (χ0v) is 10.7. The van der Waals surface area contributed by atoms with Crippen LogP contribution in [-0.4, -0.2) is 10.0 Å². The number of nitrogens with two attached hydrogens (primary N) is 1. The van der Waals surface area contributed by atoms with Crippen LogP contribution in [0.5, 0.6) is 11.5 Å². The number of ether oxygens (including phenoxy) is 1. The van der Waals surface area contributed by atoms with Crippen molar-refractivity contribution in [3.63, 3.8) is 0 Å². The fourth-order valence-electron chi connectivity index (χ4n) is 1.71. The summed E-state index contributed by atoms with van der Waals surface area (Å²) in [5, 5.41) is 20.2. The van der Waals surface area contributed by atoms with Crippen molar-refractivity contribution in [2.75, 3.05) is 0 Å². The molecular weight excluding hydrogens is 260 g/mol. The molecule has 0 radical (unpaired) electrons. The summed E-state index contributed by atoms with van der Waals surface area (Å²) < 4.78 is 5.46. The molecule has 3 N–H and O–H groups in total. The number of rotatable bonds is 5. The molecule has 0 aliphatic rings. The minimum Gasteiger partial charge on any atom is -0.508 e. The third-order valence-corrected chi connectivity index (χ3v) is 2.79. The van der Waals surface area contributed by atoms with Crippen LogP contribution >= 0.6 is 0 Å². The normalized spacial score (nSPS) is 10.2. The minimum atomic E-state index is -0.495. The molecule has 0 aliphatic carbocycles. The van der Waals surface area contributed by atoms with Gasteiger partial charge in [0, 0.05) is 12.6 Å².